The fourth-order valence-corrected chi connectivity index (χ4v) is 4.24. The van der Waals surface area contributed by atoms with Gasteiger partial charge in [0.05, 0.1) is 23.4 Å². The molecule has 8 heteroatoms. The van der Waals surface area contributed by atoms with Gasteiger partial charge in [-0.1, -0.05) is 0 Å². The number of carbonyl (C=O) groups excluding carboxylic acids is 1. The number of ether oxygens (including phenoxy) is 2. The highest BCUT2D eigenvalue weighted by molar-refractivity contribution is 7.20. The maximum atomic E-state index is 13.0. The van der Waals surface area contributed by atoms with E-state index in [9.17, 15) is 10.1 Å². The molecule has 0 saturated heterocycles. The first-order valence-corrected chi connectivity index (χ1v) is 8.81. The van der Waals surface area contributed by atoms with E-state index in [2.05, 4.69) is 16.0 Å². The molecular weight excluding hydrogens is 340 g/mol. The lowest BCUT2D eigenvalue weighted by molar-refractivity contribution is 0.0502. The summed E-state index contributed by atoms with van der Waals surface area (Å²) >= 11 is 1.30. The maximum absolute atomic E-state index is 13.0. The number of aromatic nitrogens is 2. The number of aryl methyl sites for hydroxylation is 1. The van der Waals surface area contributed by atoms with E-state index < -0.39 is 5.54 Å². The lowest BCUT2D eigenvalue weighted by atomic mass is 9.76. The van der Waals surface area contributed by atoms with E-state index in [4.69, 9.17) is 9.47 Å². The smallest absolute Gasteiger partial charge is 0.265 e. The number of thiophene rings is 1. The van der Waals surface area contributed by atoms with Crippen LogP contribution in [0.2, 0.25) is 0 Å². The molecule has 7 nitrogen and oxygen atoms in total. The molecule has 1 saturated carbocycles. The monoisotopic (exact) mass is 360 g/mol. The van der Waals surface area contributed by atoms with E-state index in [0.29, 0.717) is 21.4 Å². The van der Waals surface area contributed by atoms with Crippen LogP contribution in [0.15, 0.2) is 0 Å². The average Bonchev–Trinajstić information content (AvgIpc) is 2.90. The molecule has 0 aromatic carbocycles. The third-order valence-electron chi connectivity index (χ3n) is 4.80. The van der Waals surface area contributed by atoms with Crippen LogP contribution in [0.4, 0.5) is 0 Å². The average molecular weight is 360 g/mol. The van der Waals surface area contributed by atoms with Gasteiger partial charge in [0.1, 0.15) is 17.0 Å². The first-order valence-electron chi connectivity index (χ1n) is 7.99. The van der Waals surface area contributed by atoms with Gasteiger partial charge in [-0.2, -0.15) is 10.2 Å². The Labute approximate surface area is 150 Å². The standard InChI is InChI=1S/C17H20N4O3S/c1-10-12-14(24-4)19-11(8-23-3)20-15(12)25-13(10)16(22)21(2)17(9-18)6-5-7-17/h5-8H2,1-4H3. The van der Waals surface area contributed by atoms with Crippen LogP contribution in [-0.4, -0.2) is 47.6 Å². The van der Waals surface area contributed by atoms with Crippen molar-refractivity contribution in [2.45, 2.75) is 38.3 Å². The van der Waals surface area contributed by atoms with Crippen LogP contribution in [0.3, 0.4) is 0 Å². The van der Waals surface area contributed by atoms with Crippen LogP contribution >= 0.6 is 11.3 Å². The summed E-state index contributed by atoms with van der Waals surface area (Å²) in [5, 5.41) is 10.2. The first-order chi connectivity index (χ1) is 12.0. The maximum Gasteiger partial charge on any atom is 0.265 e. The van der Waals surface area contributed by atoms with E-state index in [1.165, 1.54) is 11.3 Å². The highest BCUT2D eigenvalue weighted by Crippen LogP contribution is 2.40. The van der Waals surface area contributed by atoms with Crippen molar-refractivity contribution in [3.8, 4) is 11.9 Å². The Kier molecular flexibility index (Phi) is 4.62. The molecule has 25 heavy (non-hydrogen) atoms. The molecule has 3 rings (SSSR count). The number of nitrogens with zero attached hydrogens (tertiary/aromatic N) is 4. The first kappa shape index (κ1) is 17.6. The lowest BCUT2D eigenvalue weighted by Gasteiger charge is -2.42. The zero-order valence-electron chi connectivity index (χ0n) is 14.8. The molecule has 0 bridgehead atoms. The molecule has 0 aliphatic heterocycles. The van der Waals surface area contributed by atoms with E-state index >= 15 is 0 Å². The summed E-state index contributed by atoms with van der Waals surface area (Å²) in [6.07, 6.45) is 2.41. The Balaban J connectivity index is 2.06. The van der Waals surface area contributed by atoms with Crippen LogP contribution in [0, 0.1) is 18.3 Å². The van der Waals surface area contributed by atoms with Gasteiger partial charge in [-0.3, -0.25) is 4.79 Å². The van der Waals surface area contributed by atoms with Gasteiger partial charge < -0.3 is 14.4 Å². The van der Waals surface area contributed by atoms with Gasteiger partial charge in [-0.15, -0.1) is 11.3 Å². The van der Waals surface area contributed by atoms with Gasteiger partial charge in [0.15, 0.2) is 5.82 Å². The largest absolute Gasteiger partial charge is 0.480 e. The molecule has 0 spiro atoms. The Morgan fingerprint density at radius 1 is 1.40 bits per heavy atom. The number of carbonyl (C=O) groups is 1. The van der Waals surface area contributed by atoms with Crippen molar-refractivity contribution in [2.75, 3.05) is 21.3 Å². The van der Waals surface area contributed by atoms with E-state index in [0.717, 1.165) is 30.2 Å². The molecule has 1 aliphatic carbocycles. The molecule has 2 aromatic heterocycles. The number of hydrogen-bond acceptors (Lipinski definition) is 7. The summed E-state index contributed by atoms with van der Waals surface area (Å²) in [6, 6.07) is 2.31. The van der Waals surface area contributed by atoms with Crippen LogP contribution in [0.5, 0.6) is 5.88 Å². The summed E-state index contributed by atoms with van der Waals surface area (Å²) < 4.78 is 10.5. The zero-order valence-corrected chi connectivity index (χ0v) is 15.6. The van der Waals surface area contributed by atoms with Gasteiger partial charge >= 0.3 is 0 Å². The zero-order chi connectivity index (χ0) is 18.2. The summed E-state index contributed by atoms with van der Waals surface area (Å²) in [5.41, 5.74) is 0.0986. The predicted molar refractivity (Wildman–Crippen MR) is 93.7 cm³/mol. The van der Waals surface area contributed by atoms with Crippen molar-refractivity contribution >= 4 is 27.5 Å². The van der Waals surface area contributed by atoms with Crippen molar-refractivity contribution in [2.24, 2.45) is 0 Å². The van der Waals surface area contributed by atoms with E-state index in [-0.39, 0.29) is 12.5 Å². The number of hydrogen-bond donors (Lipinski definition) is 0. The van der Waals surface area contributed by atoms with Crippen molar-refractivity contribution in [3.05, 3.63) is 16.3 Å². The van der Waals surface area contributed by atoms with Crippen LogP contribution in [0.1, 0.15) is 40.3 Å². The molecular formula is C17H20N4O3S. The fraction of sp³-hybridized carbons (Fsp3) is 0.529. The lowest BCUT2D eigenvalue weighted by Crippen LogP contribution is -2.53. The van der Waals surface area contributed by atoms with Crippen LogP contribution < -0.4 is 4.74 Å². The molecule has 132 valence electrons. The SMILES string of the molecule is COCc1nc(OC)c2c(C)c(C(=O)N(C)C3(C#N)CCC3)sc2n1. The molecule has 0 N–H and O–H groups in total. The number of rotatable bonds is 5. The third kappa shape index (κ3) is 2.73. The van der Waals surface area contributed by atoms with Crippen LogP contribution in [0.25, 0.3) is 10.2 Å². The molecule has 2 aromatic rings. The second-order valence-corrected chi connectivity index (χ2v) is 7.18. The minimum absolute atomic E-state index is 0.155. The summed E-state index contributed by atoms with van der Waals surface area (Å²) in [6.45, 7) is 2.13. The Morgan fingerprint density at radius 3 is 2.64 bits per heavy atom. The highest BCUT2D eigenvalue weighted by atomic mass is 32.1. The molecule has 0 unspecified atom stereocenters. The topological polar surface area (TPSA) is 88.3 Å². The predicted octanol–water partition coefficient (Wildman–Crippen LogP) is 2.67. The second kappa shape index (κ2) is 6.58. The molecule has 1 amide bonds. The highest BCUT2D eigenvalue weighted by Gasteiger charge is 2.44. The Morgan fingerprint density at radius 2 is 2.12 bits per heavy atom. The number of amides is 1. The van der Waals surface area contributed by atoms with Gasteiger partial charge in [-0.25, -0.2) is 4.98 Å². The van der Waals surface area contributed by atoms with Crippen molar-refractivity contribution < 1.29 is 14.3 Å². The van der Waals surface area contributed by atoms with Crippen LogP contribution in [-0.2, 0) is 11.3 Å². The molecule has 2 heterocycles. The minimum Gasteiger partial charge on any atom is -0.480 e. The van der Waals surface area contributed by atoms with E-state index in [1.54, 1.807) is 26.2 Å². The quantitative estimate of drug-likeness (QED) is 0.814. The molecule has 1 aliphatic rings. The molecule has 1 fully saturated rings. The minimum atomic E-state index is -0.684. The normalized spacial score (nSPS) is 15.5. The van der Waals surface area contributed by atoms with Crippen molar-refractivity contribution in [1.82, 2.24) is 14.9 Å². The van der Waals surface area contributed by atoms with Gasteiger partial charge in [-0.05, 0) is 31.7 Å². The summed E-state index contributed by atoms with van der Waals surface area (Å²) in [7, 11) is 4.82. The second-order valence-electron chi connectivity index (χ2n) is 6.18. The Hall–Kier alpha value is -2.24. The van der Waals surface area contributed by atoms with E-state index in [1.807, 2.05) is 6.92 Å². The number of methoxy groups -OCH3 is 2. The van der Waals surface area contributed by atoms with Gasteiger partial charge in [0.25, 0.3) is 5.91 Å². The molecule has 0 atom stereocenters. The van der Waals surface area contributed by atoms with Gasteiger partial charge in [0.2, 0.25) is 5.88 Å². The number of fused-ring (bicyclic) bond motifs is 1. The van der Waals surface area contributed by atoms with Gasteiger partial charge in [0, 0.05) is 14.2 Å². The third-order valence-corrected chi connectivity index (χ3v) is 5.97. The summed E-state index contributed by atoms with van der Waals surface area (Å²) in [4.78, 5) is 24.7. The fourth-order valence-electron chi connectivity index (χ4n) is 3.07. The summed E-state index contributed by atoms with van der Waals surface area (Å²) in [5.74, 6) is 0.788. The van der Waals surface area contributed by atoms with Crippen molar-refractivity contribution in [1.29, 1.82) is 5.26 Å². The number of nitriles is 1. The Bertz CT molecular complexity index is 867. The molecule has 0 radical (unpaired) electrons. The van der Waals surface area contributed by atoms with Crippen molar-refractivity contribution in [3.63, 3.8) is 0 Å².